The van der Waals surface area contributed by atoms with Crippen molar-refractivity contribution in [2.75, 3.05) is 11.9 Å². The van der Waals surface area contributed by atoms with Gasteiger partial charge in [0, 0.05) is 61.0 Å². The van der Waals surface area contributed by atoms with Crippen LogP contribution in [0.1, 0.15) is 38.3 Å². The number of carbonyl (C=O) groups is 1. The molecule has 0 radical (unpaired) electrons. The Morgan fingerprint density at radius 3 is 2.38 bits per heavy atom. The number of hydrogen-bond acceptors (Lipinski definition) is 3. The minimum Gasteiger partial charge on any atom is -0.315 e. The summed E-state index contributed by atoms with van der Waals surface area (Å²) in [6, 6.07) is 11.9. The molecule has 0 saturated heterocycles. The smallest absolute Gasteiger partial charge is 0.250 e. The van der Waals surface area contributed by atoms with E-state index in [1.807, 2.05) is 57.7 Å². The highest BCUT2D eigenvalue weighted by Gasteiger charge is 2.19. The van der Waals surface area contributed by atoms with Gasteiger partial charge in [-0.3, -0.25) is 14.6 Å². The topological polar surface area (TPSA) is 55.2 Å². The van der Waals surface area contributed by atoms with Crippen LogP contribution >= 0.6 is 0 Å². The molecule has 148 valence electrons. The lowest BCUT2D eigenvalue weighted by molar-refractivity contribution is -0.118. The molecule has 1 amide bonds. The molecule has 1 aromatic carbocycles. The largest absolute Gasteiger partial charge is 0.315 e. The normalized spacial score (nSPS) is 14.1. The van der Waals surface area contributed by atoms with E-state index in [0.717, 1.165) is 40.8 Å². The van der Waals surface area contributed by atoms with Gasteiger partial charge in [0.05, 0.1) is 0 Å². The van der Waals surface area contributed by atoms with E-state index < -0.39 is 0 Å². The van der Waals surface area contributed by atoms with Gasteiger partial charge in [0.25, 0.3) is 5.56 Å². The van der Waals surface area contributed by atoms with Crippen molar-refractivity contribution in [3.05, 3.63) is 70.9 Å². The zero-order chi connectivity index (χ0) is 20.5. The summed E-state index contributed by atoms with van der Waals surface area (Å²) < 4.78 is 1.73. The van der Waals surface area contributed by atoms with Gasteiger partial charge in [-0.05, 0) is 67.6 Å². The molecule has 0 fully saturated rings. The molecule has 0 bridgehead atoms. The number of amides is 1. The number of anilines is 1. The van der Waals surface area contributed by atoms with Gasteiger partial charge in [0.15, 0.2) is 0 Å². The molecular formula is C24H25N3O2. The molecule has 0 N–H and O–H groups in total. The van der Waals surface area contributed by atoms with Gasteiger partial charge >= 0.3 is 0 Å². The summed E-state index contributed by atoms with van der Waals surface area (Å²) in [5, 5.41) is 0. The number of aromatic nitrogens is 2. The maximum Gasteiger partial charge on any atom is 0.250 e. The van der Waals surface area contributed by atoms with Crippen molar-refractivity contribution < 1.29 is 4.79 Å². The third-order valence-corrected chi connectivity index (χ3v) is 5.55. The predicted octanol–water partition coefficient (Wildman–Crippen LogP) is 4.46. The average Bonchev–Trinajstić information content (AvgIpc) is 2.86. The second-order valence-corrected chi connectivity index (χ2v) is 7.87. The Bertz CT molecular complexity index is 1130. The molecule has 1 aliphatic heterocycles. The predicted molar refractivity (Wildman–Crippen MR) is 116 cm³/mol. The van der Waals surface area contributed by atoms with Crippen molar-refractivity contribution in [1.82, 2.24) is 9.55 Å². The number of pyridine rings is 2. The second kappa shape index (κ2) is 7.66. The summed E-state index contributed by atoms with van der Waals surface area (Å²) in [4.78, 5) is 30.4. The highest BCUT2D eigenvalue weighted by Crippen LogP contribution is 2.32. The molecule has 3 aromatic rings. The van der Waals surface area contributed by atoms with Crippen LogP contribution < -0.4 is 10.5 Å². The van der Waals surface area contributed by atoms with Crippen LogP contribution in [-0.2, 0) is 11.2 Å². The molecule has 0 atom stereocenters. The van der Waals surface area contributed by atoms with Crippen LogP contribution in [0.3, 0.4) is 0 Å². The average molecular weight is 387 g/mol. The monoisotopic (exact) mass is 387 g/mol. The van der Waals surface area contributed by atoms with Gasteiger partial charge < -0.3 is 9.47 Å². The van der Waals surface area contributed by atoms with Crippen LogP contribution in [0.15, 0.2) is 59.8 Å². The van der Waals surface area contributed by atoms with Crippen LogP contribution in [0, 0.1) is 0 Å². The maximum absolute atomic E-state index is 12.1. The van der Waals surface area contributed by atoms with Crippen molar-refractivity contribution in [2.24, 2.45) is 0 Å². The Morgan fingerprint density at radius 2 is 1.62 bits per heavy atom. The van der Waals surface area contributed by atoms with Gasteiger partial charge in [-0.15, -0.1) is 0 Å². The summed E-state index contributed by atoms with van der Waals surface area (Å²) in [5.41, 5.74) is 6.21. The molecule has 2 aromatic heterocycles. The Labute approximate surface area is 170 Å². The number of carbonyl (C=O) groups excluding carboxylic acids is 1. The van der Waals surface area contributed by atoms with Gasteiger partial charge in [-0.2, -0.15) is 0 Å². The summed E-state index contributed by atoms with van der Waals surface area (Å²) >= 11 is 0. The first-order valence-corrected chi connectivity index (χ1v) is 10.0. The highest BCUT2D eigenvalue weighted by molar-refractivity contribution is 5.94. The number of rotatable bonds is 3. The van der Waals surface area contributed by atoms with E-state index in [0.29, 0.717) is 6.42 Å². The Hall–Kier alpha value is -3.21. The Balaban J connectivity index is 1.73. The highest BCUT2D eigenvalue weighted by atomic mass is 16.2. The minimum absolute atomic E-state index is 0.00252. The Kier molecular flexibility index (Phi) is 5.05. The summed E-state index contributed by atoms with van der Waals surface area (Å²) in [7, 11) is 1.85. The minimum atomic E-state index is -0.00252. The number of fused-ring (bicyclic) bond motifs is 1. The lowest BCUT2D eigenvalue weighted by Crippen LogP contribution is -2.24. The quantitative estimate of drug-likeness (QED) is 0.667. The van der Waals surface area contributed by atoms with Crippen LogP contribution in [0.25, 0.3) is 22.3 Å². The number of hydrogen-bond donors (Lipinski definition) is 0. The summed E-state index contributed by atoms with van der Waals surface area (Å²) in [5.74, 6) is 0.167. The van der Waals surface area contributed by atoms with Crippen molar-refractivity contribution >= 4 is 11.6 Å². The fourth-order valence-corrected chi connectivity index (χ4v) is 3.86. The SMILES string of the molecule is CC(C)n1cc(-c2cncc(-c3ccc4c(c3)CCCC(=O)N4C)c2)ccc1=O. The molecule has 5 nitrogen and oxygen atoms in total. The van der Waals surface area contributed by atoms with Crippen molar-refractivity contribution in [2.45, 2.75) is 39.2 Å². The van der Waals surface area contributed by atoms with E-state index in [4.69, 9.17) is 0 Å². The van der Waals surface area contributed by atoms with Gasteiger partial charge in [0.1, 0.15) is 0 Å². The van der Waals surface area contributed by atoms with Gasteiger partial charge in [-0.25, -0.2) is 0 Å². The molecule has 4 rings (SSSR count). The Morgan fingerprint density at radius 1 is 0.897 bits per heavy atom. The first kappa shape index (κ1) is 19.1. The molecule has 1 aliphatic rings. The summed E-state index contributed by atoms with van der Waals surface area (Å²) in [6.07, 6.45) is 7.92. The third-order valence-electron chi connectivity index (χ3n) is 5.55. The van der Waals surface area contributed by atoms with E-state index in [2.05, 4.69) is 17.1 Å². The molecule has 0 spiro atoms. The fraction of sp³-hybridized carbons (Fsp3) is 0.292. The zero-order valence-corrected chi connectivity index (χ0v) is 17.1. The molecule has 3 heterocycles. The first-order chi connectivity index (χ1) is 13.9. The number of aryl methyl sites for hydroxylation is 1. The molecule has 0 saturated carbocycles. The number of nitrogens with zero attached hydrogens (tertiary/aromatic N) is 3. The third kappa shape index (κ3) is 3.73. The number of benzene rings is 1. The van der Waals surface area contributed by atoms with Crippen molar-refractivity contribution in [3.63, 3.8) is 0 Å². The molecular weight excluding hydrogens is 362 g/mol. The lowest BCUT2D eigenvalue weighted by Gasteiger charge is -2.18. The van der Waals surface area contributed by atoms with E-state index >= 15 is 0 Å². The van der Waals surface area contributed by atoms with Gasteiger partial charge in [0.2, 0.25) is 5.91 Å². The molecule has 5 heteroatoms. The van der Waals surface area contributed by atoms with Crippen LogP contribution in [0.5, 0.6) is 0 Å². The van der Waals surface area contributed by atoms with E-state index in [-0.39, 0.29) is 17.5 Å². The molecule has 0 aliphatic carbocycles. The lowest BCUT2D eigenvalue weighted by atomic mass is 9.98. The van der Waals surface area contributed by atoms with Crippen LogP contribution in [0.2, 0.25) is 0 Å². The zero-order valence-electron chi connectivity index (χ0n) is 17.1. The molecule has 29 heavy (non-hydrogen) atoms. The first-order valence-electron chi connectivity index (χ1n) is 10.0. The van der Waals surface area contributed by atoms with E-state index in [9.17, 15) is 9.59 Å². The van der Waals surface area contributed by atoms with Crippen LogP contribution in [0.4, 0.5) is 5.69 Å². The fourth-order valence-electron chi connectivity index (χ4n) is 3.86. The second-order valence-electron chi connectivity index (χ2n) is 7.87. The van der Waals surface area contributed by atoms with Crippen molar-refractivity contribution in [3.8, 4) is 22.3 Å². The standard InChI is InChI=1S/C24H25N3O2/c1-16(2)27-15-19(8-10-24(27)29)21-12-20(13-25-14-21)17-7-9-22-18(11-17)5-4-6-23(28)26(22)3/h7-16H,4-6H2,1-3H3. The maximum atomic E-state index is 12.1. The van der Waals surface area contributed by atoms with E-state index in [1.165, 1.54) is 5.56 Å². The van der Waals surface area contributed by atoms with Crippen molar-refractivity contribution in [1.29, 1.82) is 0 Å². The van der Waals surface area contributed by atoms with Gasteiger partial charge in [-0.1, -0.05) is 6.07 Å². The molecule has 0 unspecified atom stereocenters. The van der Waals surface area contributed by atoms with E-state index in [1.54, 1.807) is 15.5 Å². The summed E-state index contributed by atoms with van der Waals surface area (Å²) in [6.45, 7) is 3.99. The van der Waals surface area contributed by atoms with Crippen LogP contribution in [-0.4, -0.2) is 22.5 Å².